The highest BCUT2D eigenvalue weighted by molar-refractivity contribution is 5.90. The third-order valence-electron chi connectivity index (χ3n) is 3.91. The molecular weight excluding hydrogens is 294 g/mol. The van der Waals surface area contributed by atoms with Crippen molar-refractivity contribution in [1.29, 1.82) is 0 Å². The van der Waals surface area contributed by atoms with E-state index >= 15 is 0 Å². The highest BCUT2D eigenvalue weighted by Gasteiger charge is 2.32. The predicted octanol–water partition coefficient (Wildman–Crippen LogP) is 1.61. The van der Waals surface area contributed by atoms with E-state index in [2.05, 4.69) is 30.5 Å². The van der Waals surface area contributed by atoms with Gasteiger partial charge in [0.2, 0.25) is 5.91 Å². The molecule has 1 atom stereocenters. The van der Waals surface area contributed by atoms with Gasteiger partial charge >= 0.3 is 6.09 Å². The average molecular weight is 319 g/mol. The molecule has 2 amide bonds. The van der Waals surface area contributed by atoms with Crippen molar-refractivity contribution in [3.63, 3.8) is 0 Å². The maximum atomic E-state index is 12.0. The Kier molecular flexibility index (Phi) is 5.98. The summed E-state index contributed by atoms with van der Waals surface area (Å²) in [5, 5.41) is 5.99. The summed E-state index contributed by atoms with van der Waals surface area (Å²) in [6, 6.07) is 6.04. The normalized spacial score (nSPS) is 17.3. The molecule has 0 aliphatic carbocycles. The first-order valence-corrected chi connectivity index (χ1v) is 8.04. The molecule has 126 valence electrons. The Labute approximate surface area is 137 Å². The molecule has 2 rings (SSSR count). The van der Waals surface area contributed by atoms with Crippen molar-refractivity contribution in [3.8, 4) is 0 Å². The second kappa shape index (κ2) is 7.97. The summed E-state index contributed by atoms with van der Waals surface area (Å²) >= 11 is 0. The third-order valence-corrected chi connectivity index (χ3v) is 3.91. The number of aryl methyl sites for hydroxylation is 1. The Morgan fingerprint density at radius 3 is 2.87 bits per heavy atom. The zero-order valence-electron chi connectivity index (χ0n) is 14.0. The van der Waals surface area contributed by atoms with Gasteiger partial charge in [0.05, 0.1) is 13.1 Å². The van der Waals surface area contributed by atoms with Gasteiger partial charge in [-0.3, -0.25) is 9.69 Å². The molecule has 1 aromatic carbocycles. The first-order chi connectivity index (χ1) is 11.0. The lowest BCUT2D eigenvalue weighted by atomic mass is 10.0. The summed E-state index contributed by atoms with van der Waals surface area (Å²) in [4.78, 5) is 24.6. The highest BCUT2D eigenvalue weighted by Crippen LogP contribution is 2.24. The number of amides is 2. The van der Waals surface area contributed by atoms with Gasteiger partial charge in [0.1, 0.15) is 6.10 Å². The molecule has 1 unspecified atom stereocenters. The number of benzene rings is 1. The van der Waals surface area contributed by atoms with Crippen molar-refractivity contribution in [2.45, 2.75) is 33.3 Å². The molecule has 6 heteroatoms. The van der Waals surface area contributed by atoms with E-state index in [1.54, 1.807) is 4.90 Å². The molecule has 1 aliphatic heterocycles. The largest absolute Gasteiger partial charge is 0.442 e. The SMILES string of the molecule is CCNCCc1ccc(N2CC(CNC(C)=O)OC2=O)cc1C. The summed E-state index contributed by atoms with van der Waals surface area (Å²) in [5.74, 6) is -0.125. The van der Waals surface area contributed by atoms with Gasteiger partial charge in [-0.2, -0.15) is 0 Å². The lowest BCUT2D eigenvalue weighted by molar-refractivity contribution is -0.119. The monoisotopic (exact) mass is 319 g/mol. The van der Waals surface area contributed by atoms with Gasteiger partial charge < -0.3 is 15.4 Å². The highest BCUT2D eigenvalue weighted by atomic mass is 16.6. The standard InChI is InChI=1S/C17H25N3O3/c1-4-18-8-7-14-5-6-15(9-12(14)2)20-11-16(23-17(20)22)10-19-13(3)21/h5-6,9,16,18H,4,7-8,10-11H2,1-3H3,(H,19,21). The molecular formula is C17H25N3O3. The van der Waals surface area contributed by atoms with Gasteiger partial charge in [-0.05, 0) is 49.7 Å². The second-order valence-electron chi connectivity index (χ2n) is 5.77. The van der Waals surface area contributed by atoms with Gasteiger partial charge in [0.25, 0.3) is 0 Å². The molecule has 1 saturated heterocycles. The van der Waals surface area contributed by atoms with Crippen LogP contribution in [0.25, 0.3) is 0 Å². The number of hydrogen-bond acceptors (Lipinski definition) is 4. The summed E-state index contributed by atoms with van der Waals surface area (Å²) in [7, 11) is 0. The van der Waals surface area contributed by atoms with E-state index in [-0.39, 0.29) is 18.1 Å². The van der Waals surface area contributed by atoms with Crippen LogP contribution in [0.2, 0.25) is 0 Å². The van der Waals surface area contributed by atoms with Gasteiger partial charge in [-0.15, -0.1) is 0 Å². The molecule has 1 fully saturated rings. The lowest BCUT2D eigenvalue weighted by Gasteiger charge is -2.15. The molecule has 1 heterocycles. The summed E-state index contributed by atoms with van der Waals surface area (Å²) in [5.41, 5.74) is 3.28. The number of nitrogens with one attached hydrogen (secondary N) is 2. The Bertz CT molecular complexity index is 574. The molecule has 6 nitrogen and oxygen atoms in total. The Hall–Kier alpha value is -2.08. The lowest BCUT2D eigenvalue weighted by Crippen LogP contribution is -2.33. The van der Waals surface area contributed by atoms with E-state index in [1.807, 2.05) is 12.1 Å². The number of carbonyl (C=O) groups excluding carboxylic acids is 2. The molecule has 1 aromatic rings. The fraction of sp³-hybridized carbons (Fsp3) is 0.529. The van der Waals surface area contributed by atoms with Crippen LogP contribution < -0.4 is 15.5 Å². The van der Waals surface area contributed by atoms with Crippen LogP contribution >= 0.6 is 0 Å². The van der Waals surface area contributed by atoms with E-state index in [4.69, 9.17) is 4.74 Å². The number of carbonyl (C=O) groups is 2. The van der Waals surface area contributed by atoms with Crippen molar-refractivity contribution >= 4 is 17.7 Å². The van der Waals surface area contributed by atoms with Crippen LogP contribution in [-0.4, -0.2) is 44.3 Å². The number of nitrogens with zero attached hydrogens (tertiary/aromatic N) is 1. The third kappa shape index (κ3) is 4.69. The van der Waals surface area contributed by atoms with Crippen LogP contribution in [0.15, 0.2) is 18.2 Å². The molecule has 0 spiro atoms. The first kappa shape index (κ1) is 17.3. The minimum absolute atomic E-state index is 0.125. The summed E-state index contributed by atoms with van der Waals surface area (Å²) in [6.45, 7) is 8.30. The fourth-order valence-electron chi connectivity index (χ4n) is 2.62. The Balaban J connectivity index is 2.00. The maximum absolute atomic E-state index is 12.0. The molecule has 2 N–H and O–H groups in total. The minimum atomic E-state index is -0.361. The number of ether oxygens (including phenoxy) is 1. The van der Waals surface area contributed by atoms with Gasteiger partial charge in [-0.25, -0.2) is 4.79 Å². The molecule has 0 saturated carbocycles. The topological polar surface area (TPSA) is 70.7 Å². The number of anilines is 1. The molecule has 1 aliphatic rings. The van der Waals surface area contributed by atoms with Crippen LogP contribution in [0, 0.1) is 6.92 Å². The van der Waals surface area contributed by atoms with E-state index < -0.39 is 0 Å². The van der Waals surface area contributed by atoms with Crippen LogP contribution in [-0.2, 0) is 16.0 Å². The molecule has 23 heavy (non-hydrogen) atoms. The van der Waals surface area contributed by atoms with E-state index in [9.17, 15) is 9.59 Å². The average Bonchev–Trinajstić information content (AvgIpc) is 2.88. The fourth-order valence-corrected chi connectivity index (χ4v) is 2.62. The van der Waals surface area contributed by atoms with Gasteiger partial charge in [-0.1, -0.05) is 13.0 Å². The van der Waals surface area contributed by atoms with Crippen molar-refractivity contribution in [3.05, 3.63) is 29.3 Å². The number of rotatable bonds is 7. The first-order valence-electron chi connectivity index (χ1n) is 8.04. The van der Waals surface area contributed by atoms with E-state index in [1.165, 1.54) is 18.1 Å². The predicted molar refractivity (Wildman–Crippen MR) is 89.7 cm³/mol. The van der Waals surface area contributed by atoms with E-state index in [0.717, 1.165) is 25.2 Å². The zero-order chi connectivity index (χ0) is 16.8. The Morgan fingerprint density at radius 1 is 1.43 bits per heavy atom. The smallest absolute Gasteiger partial charge is 0.414 e. The minimum Gasteiger partial charge on any atom is -0.442 e. The van der Waals surface area contributed by atoms with Crippen LogP contribution in [0.1, 0.15) is 25.0 Å². The van der Waals surface area contributed by atoms with Crippen molar-refractivity contribution < 1.29 is 14.3 Å². The van der Waals surface area contributed by atoms with Crippen LogP contribution in [0.5, 0.6) is 0 Å². The maximum Gasteiger partial charge on any atom is 0.414 e. The molecule has 0 radical (unpaired) electrons. The zero-order valence-corrected chi connectivity index (χ0v) is 14.0. The molecule has 0 bridgehead atoms. The quantitative estimate of drug-likeness (QED) is 0.749. The van der Waals surface area contributed by atoms with Gasteiger partial charge in [0.15, 0.2) is 0 Å². The van der Waals surface area contributed by atoms with Crippen molar-refractivity contribution in [1.82, 2.24) is 10.6 Å². The Morgan fingerprint density at radius 2 is 2.22 bits per heavy atom. The number of likely N-dealkylation sites (N-methyl/N-ethyl adjacent to an activating group) is 1. The summed E-state index contributed by atoms with van der Waals surface area (Å²) in [6.07, 6.45) is 0.301. The van der Waals surface area contributed by atoms with Crippen LogP contribution in [0.4, 0.5) is 10.5 Å². The number of hydrogen-bond donors (Lipinski definition) is 2. The van der Waals surface area contributed by atoms with Gasteiger partial charge in [0, 0.05) is 12.6 Å². The van der Waals surface area contributed by atoms with Crippen LogP contribution in [0.3, 0.4) is 0 Å². The van der Waals surface area contributed by atoms with E-state index in [0.29, 0.717) is 13.1 Å². The van der Waals surface area contributed by atoms with Crippen molar-refractivity contribution in [2.24, 2.45) is 0 Å². The second-order valence-corrected chi connectivity index (χ2v) is 5.77. The molecule has 0 aromatic heterocycles. The van der Waals surface area contributed by atoms with Crippen molar-refractivity contribution in [2.75, 3.05) is 31.1 Å². The summed E-state index contributed by atoms with van der Waals surface area (Å²) < 4.78 is 5.29. The number of cyclic esters (lactones) is 1.